The largest absolute Gasteiger partial charge is 0.425 e. The van der Waals surface area contributed by atoms with Gasteiger partial charge in [0.15, 0.2) is 0 Å². The van der Waals surface area contributed by atoms with E-state index in [2.05, 4.69) is 34.6 Å². The Morgan fingerprint density at radius 2 is 1.74 bits per heavy atom. The summed E-state index contributed by atoms with van der Waals surface area (Å²) in [5.74, 6) is 0.450. The highest BCUT2D eigenvalue weighted by Crippen LogP contribution is 2.70. The topological polar surface area (TPSA) is 95.2 Å². The number of ether oxygens (including phenoxy) is 1. The van der Waals surface area contributed by atoms with Crippen molar-refractivity contribution in [2.45, 2.75) is 71.1 Å². The molecule has 2 atom stereocenters. The molecule has 176 valence electrons. The molecule has 2 aromatic carbocycles. The van der Waals surface area contributed by atoms with Gasteiger partial charge in [0.25, 0.3) is 5.69 Å². The van der Waals surface area contributed by atoms with Crippen molar-refractivity contribution < 1.29 is 14.5 Å². The fraction of sp³-hybridized carbons (Fsp3) is 0.444. The van der Waals surface area contributed by atoms with E-state index in [1.165, 1.54) is 12.1 Å². The first-order valence-electron chi connectivity index (χ1n) is 11.7. The molecular formula is C27H29N3O4. The highest BCUT2D eigenvalue weighted by molar-refractivity contribution is 5.91. The fourth-order valence-electron chi connectivity index (χ4n) is 6.05. The molecule has 3 aromatic rings. The summed E-state index contributed by atoms with van der Waals surface area (Å²) in [5, 5.41) is 11.3. The smallest absolute Gasteiger partial charge is 0.324 e. The predicted molar refractivity (Wildman–Crippen MR) is 129 cm³/mol. The first-order valence-corrected chi connectivity index (χ1v) is 11.7. The van der Waals surface area contributed by atoms with Gasteiger partial charge in [-0.2, -0.15) is 0 Å². The Bertz CT molecular complexity index is 1380. The van der Waals surface area contributed by atoms with Crippen LogP contribution in [-0.2, 0) is 15.6 Å². The maximum absolute atomic E-state index is 14.1. The fourth-order valence-corrected chi connectivity index (χ4v) is 6.05. The molecule has 2 bridgehead atoms. The molecule has 1 aromatic heterocycles. The molecule has 1 fully saturated rings. The minimum atomic E-state index is -0.985. The molecule has 34 heavy (non-hydrogen) atoms. The lowest BCUT2D eigenvalue weighted by atomic mass is 9.64. The lowest BCUT2D eigenvalue weighted by Crippen LogP contribution is -2.48. The summed E-state index contributed by atoms with van der Waals surface area (Å²) in [6, 6.07) is 10.5. The van der Waals surface area contributed by atoms with Gasteiger partial charge >= 0.3 is 5.97 Å². The van der Waals surface area contributed by atoms with Crippen molar-refractivity contribution in [1.82, 2.24) is 9.97 Å². The van der Waals surface area contributed by atoms with Crippen molar-refractivity contribution in [2.24, 2.45) is 5.41 Å². The van der Waals surface area contributed by atoms with Gasteiger partial charge in [-0.05, 0) is 54.4 Å². The summed E-state index contributed by atoms with van der Waals surface area (Å²) in [7, 11) is 0. The molecule has 5 rings (SSSR count). The lowest BCUT2D eigenvalue weighted by molar-refractivity contribution is -0.384. The zero-order valence-corrected chi connectivity index (χ0v) is 20.4. The van der Waals surface area contributed by atoms with Crippen LogP contribution in [0.2, 0.25) is 0 Å². The van der Waals surface area contributed by atoms with Gasteiger partial charge < -0.3 is 4.74 Å². The number of benzene rings is 2. The van der Waals surface area contributed by atoms with E-state index in [1.54, 1.807) is 6.07 Å². The van der Waals surface area contributed by atoms with Crippen LogP contribution in [0, 0.1) is 22.5 Å². The van der Waals surface area contributed by atoms with Crippen LogP contribution in [0.3, 0.4) is 0 Å². The number of non-ortho nitro benzene ring substituents is 1. The third-order valence-electron chi connectivity index (χ3n) is 8.57. The molecule has 0 amide bonds. The number of esters is 1. The first kappa shape index (κ1) is 22.4. The molecule has 2 aliphatic carbocycles. The monoisotopic (exact) mass is 459 g/mol. The quantitative estimate of drug-likeness (QED) is 0.208. The number of fused-ring (bicyclic) bond motifs is 6. The predicted octanol–water partition coefficient (Wildman–Crippen LogP) is 5.90. The molecule has 7 nitrogen and oxygen atoms in total. The van der Waals surface area contributed by atoms with Crippen molar-refractivity contribution in [2.75, 3.05) is 0 Å². The van der Waals surface area contributed by atoms with E-state index in [4.69, 9.17) is 14.7 Å². The van der Waals surface area contributed by atoms with Gasteiger partial charge in [0.1, 0.15) is 11.2 Å². The van der Waals surface area contributed by atoms with Gasteiger partial charge in [0.2, 0.25) is 0 Å². The number of carbonyl (C=O) groups excluding carboxylic acids is 1. The van der Waals surface area contributed by atoms with E-state index in [0.29, 0.717) is 28.9 Å². The Labute approximate surface area is 198 Å². The van der Waals surface area contributed by atoms with Crippen LogP contribution in [0.15, 0.2) is 36.4 Å². The highest BCUT2D eigenvalue weighted by atomic mass is 16.6. The van der Waals surface area contributed by atoms with E-state index in [9.17, 15) is 14.9 Å². The molecular weight excluding hydrogens is 430 g/mol. The van der Waals surface area contributed by atoms with E-state index in [0.717, 1.165) is 23.2 Å². The number of nitro groups is 1. The SMILES string of the molecule is Cc1ccc(C(C)C)c(OC(=O)C23CCC(C)(c4nc5ccc([N+](=O)[O-])cc5nc42)C3(C)C)c1. The number of rotatable bonds is 4. The molecule has 0 radical (unpaired) electrons. The molecule has 1 saturated carbocycles. The molecule has 1 heterocycles. The van der Waals surface area contributed by atoms with Gasteiger partial charge in [-0.15, -0.1) is 0 Å². The average Bonchev–Trinajstić information content (AvgIpc) is 3.06. The Hall–Kier alpha value is -3.35. The van der Waals surface area contributed by atoms with Crippen molar-refractivity contribution in [1.29, 1.82) is 0 Å². The average molecular weight is 460 g/mol. The number of nitrogens with zero attached hydrogens (tertiary/aromatic N) is 3. The van der Waals surface area contributed by atoms with Crippen LogP contribution >= 0.6 is 0 Å². The Morgan fingerprint density at radius 1 is 1.03 bits per heavy atom. The van der Waals surface area contributed by atoms with E-state index >= 15 is 0 Å². The minimum Gasteiger partial charge on any atom is -0.425 e. The third kappa shape index (κ3) is 2.73. The number of nitro benzene ring substituents is 1. The van der Waals surface area contributed by atoms with Crippen LogP contribution < -0.4 is 4.74 Å². The molecule has 0 N–H and O–H groups in total. The van der Waals surface area contributed by atoms with E-state index in [-0.39, 0.29) is 23.0 Å². The summed E-state index contributed by atoms with van der Waals surface area (Å²) < 4.78 is 6.19. The minimum absolute atomic E-state index is 0.0478. The van der Waals surface area contributed by atoms with Gasteiger partial charge in [0.05, 0.1) is 27.3 Å². The number of hydrogen-bond acceptors (Lipinski definition) is 6. The number of carbonyl (C=O) groups is 1. The van der Waals surface area contributed by atoms with Gasteiger partial charge in [-0.1, -0.05) is 46.8 Å². The summed E-state index contributed by atoms with van der Waals surface area (Å²) in [4.78, 5) is 34.8. The number of aryl methyl sites for hydroxylation is 1. The first-order chi connectivity index (χ1) is 15.9. The van der Waals surface area contributed by atoms with Crippen molar-refractivity contribution >= 4 is 22.7 Å². The second-order valence-electron chi connectivity index (χ2n) is 10.8. The van der Waals surface area contributed by atoms with E-state index < -0.39 is 15.8 Å². The lowest BCUT2D eigenvalue weighted by Gasteiger charge is -2.38. The van der Waals surface area contributed by atoms with Crippen LogP contribution in [-0.4, -0.2) is 20.9 Å². The van der Waals surface area contributed by atoms with Crippen LogP contribution in [0.25, 0.3) is 11.0 Å². The highest BCUT2D eigenvalue weighted by Gasteiger charge is 2.74. The van der Waals surface area contributed by atoms with Crippen LogP contribution in [0.1, 0.15) is 75.9 Å². The summed E-state index contributed by atoms with van der Waals surface area (Å²) >= 11 is 0. The van der Waals surface area contributed by atoms with Gasteiger partial charge in [-0.3, -0.25) is 14.9 Å². The van der Waals surface area contributed by atoms with Crippen molar-refractivity contribution in [3.63, 3.8) is 0 Å². The normalized spacial score (nSPS) is 24.4. The Balaban J connectivity index is 1.69. The Kier molecular flexibility index (Phi) is 4.67. The maximum Gasteiger partial charge on any atom is 0.324 e. The van der Waals surface area contributed by atoms with E-state index in [1.807, 2.05) is 25.1 Å². The van der Waals surface area contributed by atoms with Gasteiger partial charge in [0, 0.05) is 17.5 Å². The molecule has 2 aliphatic rings. The van der Waals surface area contributed by atoms with Crippen molar-refractivity contribution in [3.8, 4) is 5.75 Å². The number of aromatic nitrogens is 2. The third-order valence-corrected chi connectivity index (χ3v) is 8.57. The zero-order chi connectivity index (χ0) is 24.6. The van der Waals surface area contributed by atoms with Gasteiger partial charge in [-0.25, -0.2) is 9.97 Å². The molecule has 7 heteroatoms. The molecule has 0 saturated heterocycles. The zero-order valence-electron chi connectivity index (χ0n) is 20.4. The summed E-state index contributed by atoms with van der Waals surface area (Å²) in [6.45, 7) is 12.5. The summed E-state index contributed by atoms with van der Waals surface area (Å²) in [5.41, 5.74) is 2.52. The second-order valence-corrected chi connectivity index (χ2v) is 10.8. The van der Waals surface area contributed by atoms with Crippen molar-refractivity contribution in [3.05, 3.63) is 69.0 Å². The molecule has 2 unspecified atom stereocenters. The van der Waals surface area contributed by atoms with Crippen LogP contribution in [0.5, 0.6) is 5.75 Å². The molecule has 0 spiro atoms. The summed E-state index contributed by atoms with van der Waals surface area (Å²) in [6.07, 6.45) is 1.39. The number of hydrogen-bond donors (Lipinski definition) is 0. The second kappa shape index (κ2) is 7.08. The standard InChI is InChI=1S/C27H29N3O4/c1-15(2)18-9-7-16(3)13-21(18)34-24(31)27-12-11-26(6,25(27,4)5)22-23(27)29-20-14-17(30(32)33)8-10-19(20)28-22/h7-10,13-15H,11-12H2,1-6H3. The maximum atomic E-state index is 14.1. The van der Waals surface area contributed by atoms with Crippen LogP contribution in [0.4, 0.5) is 5.69 Å². The Morgan fingerprint density at radius 3 is 2.41 bits per heavy atom. The molecule has 0 aliphatic heterocycles.